The Morgan fingerprint density at radius 2 is 1.77 bits per heavy atom. The van der Waals surface area contributed by atoms with Crippen molar-refractivity contribution in [3.8, 4) is 11.5 Å². The fourth-order valence-electron chi connectivity index (χ4n) is 8.58. The number of ether oxygens (including phenoxy) is 1. The van der Waals surface area contributed by atoms with Crippen LogP contribution in [0.4, 0.5) is 19.0 Å². The second kappa shape index (κ2) is 13.2. The van der Waals surface area contributed by atoms with E-state index >= 15 is 4.79 Å². The lowest BCUT2D eigenvalue weighted by Gasteiger charge is -2.50. The number of hydrogen-bond acceptors (Lipinski definition) is 8. The van der Waals surface area contributed by atoms with Crippen molar-refractivity contribution >= 4 is 75.2 Å². The van der Waals surface area contributed by atoms with Gasteiger partial charge in [0.15, 0.2) is 17.3 Å². The van der Waals surface area contributed by atoms with E-state index in [4.69, 9.17) is 27.9 Å². The molecule has 1 aromatic heterocycles. The van der Waals surface area contributed by atoms with Crippen LogP contribution in [-0.4, -0.2) is 57.3 Å². The number of anilines is 1. The number of amides is 4. The number of hydrazine groups is 1. The number of carbonyl (C=O) groups is 4. The molecule has 3 fully saturated rings. The number of methoxy groups -OCH3 is 1. The molecule has 2 aliphatic heterocycles. The SMILES string of the molecule is CCCN1C(=O)C2CC=C3C(CC4C(=O)N(Nc5ncc(C(F)(F)F)cc5Cl)C(=O)C4(c4ccc(Cl)cc4)C3c3cc(I)c(O)c(OC)c3)C2C1=O. The molecule has 10 nitrogen and oxygen atoms in total. The number of pyridine rings is 1. The van der Waals surface area contributed by atoms with E-state index in [0.717, 1.165) is 5.01 Å². The summed E-state index contributed by atoms with van der Waals surface area (Å²) in [6.07, 6.45) is -1.54. The summed E-state index contributed by atoms with van der Waals surface area (Å²) in [5.74, 6) is -6.69. The number of likely N-dealkylation sites (tertiary alicyclic amines) is 1. The molecule has 4 amide bonds. The van der Waals surface area contributed by atoms with Crippen molar-refractivity contribution < 1.29 is 42.2 Å². The first-order chi connectivity index (χ1) is 24.6. The first kappa shape index (κ1) is 36.5. The molecule has 1 saturated carbocycles. The first-order valence-corrected chi connectivity index (χ1v) is 18.2. The van der Waals surface area contributed by atoms with Crippen LogP contribution in [0.25, 0.3) is 0 Å². The number of aromatic hydroxyl groups is 1. The molecule has 2 aliphatic carbocycles. The molecule has 0 radical (unpaired) electrons. The number of nitrogens with one attached hydrogen (secondary N) is 1. The average Bonchev–Trinajstić information content (AvgIpc) is 3.47. The number of fused-ring (bicyclic) bond motifs is 4. The maximum absolute atomic E-state index is 15.3. The van der Waals surface area contributed by atoms with E-state index in [2.05, 4.69) is 10.4 Å². The van der Waals surface area contributed by atoms with Crippen LogP contribution in [0.2, 0.25) is 10.0 Å². The maximum atomic E-state index is 15.3. The zero-order valence-corrected chi connectivity index (χ0v) is 31.2. The third-order valence-electron chi connectivity index (χ3n) is 10.7. The predicted molar refractivity (Wildman–Crippen MR) is 191 cm³/mol. The van der Waals surface area contributed by atoms with Crippen molar-refractivity contribution in [1.29, 1.82) is 0 Å². The minimum absolute atomic E-state index is 0.00561. The van der Waals surface area contributed by atoms with Crippen LogP contribution in [0.15, 0.2) is 60.3 Å². The number of phenols is 1. The largest absolute Gasteiger partial charge is 0.504 e. The highest BCUT2D eigenvalue weighted by molar-refractivity contribution is 14.1. The summed E-state index contributed by atoms with van der Waals surface area (Å²) in [6.45, 7) is 2.11. The minimum atomic E-state index is -4.74. The lowest BCUT2D eigenvalue weighted by Crippen LogP contribution is -2.53. The van der Waals surface area contributed by atoms with E-state index in [1.54, 1.807) is 36.4 Å². The van der Waals surface area contributed by atoms with Gasteiger partial charge in [-0.1, -0.05) is 53.9 Å². The number of benzene rings is 2. The highest BCUT2D eigenvalue weighted by Gasteiger charge is 2.70. The van der Waals surface area contributed by atoms with Crippen LogP contribution in [-0.2, 0) is 30.8 Å². The fourth-order valence-corrected chi connectivity index (χ4v) is 9.54. The summed E-state index contributed by atoms with van der Waals surface area (Å²) in [7, 11) is 1.38. The molecule has 272 valence electrons. The topological polar surface area (TPSA) is 129 Å². The Hall–Kier alpha value is -3.89. The first-order valence-electron chi connectivity index (χ1n) is 16.4. The van der Waals surface area contributed by atoms with Crippen molar-refractivity contribution in [3.63, 3.8) is 0 Å². The third-order valence-corrected chi connectivity index (χ3v) is 12.1. The summed E-state index contributed by atoms with van der Waals surface area (Å²) in [4.78, 5) is 62.7. The molecule has 0 spiro atoms. The number of nitrogens with zero attached hydrogens (tertiary/aromatic N) is 3. The van der Waals surface area contributed by atoms with Gasteiger partial charge >= 0.3 is 6.18 Å². The number of aromatic nitrogens is 1. The van der Waals surface area contributed by atoms with Gasteiger partial charge in [-0.2, -0.15) is 18.2 Å². The highest BCUT2D eigenvalue weighted by Crippen LogP contribution is 2.64. The number of alkyl halides is 3. The van der Waals surface area contributed by atoms with Gasteiger partial charge in [-0.3, -0.25) is 29.5 Å². The van der Waals surface area contributed by atoms with E-state index in [1.807, 2.05) is 35.6 Å². The summed E-state index contributed by atoms with van der Waals surface area (Å²) in [5, 5.41) is 11.5. The lowest BCUT2D eigenvalue weighted by atomic mass is 9.49. The summed E-state index contributed by atoms with van der Waals surface area (Å²) >= 11 is 14.5. The van der Waals surface area contributed by atoms with Crippen LogP contribution in [0, 0.1) is 27.2 Å². The van der Waals surface area contributed by atoms with E-state index in [1.165, 1.54) is 12.0 Å². The van der Waals surface area contributed by atoms with Crippen LogP contribution in [0.1, 0.15) is 48.8 Å². The van der Waals surface area contributed by atoms with Crippen molar-refractivity contribution in [3.05, 3.63) is 90.6 Å². The molecular formula is C36H30Cl2F3IN4O6. The van der Waals surface area contributed by atoms with Gasteiger partial charge in [-0.15, -0.1) is 0 Å². The van der Waals surface area contributed by atoms with Gasteiger partial charge in [0.05, 0.1) is 44.4 Å². The number of imide groups is 2. The Labute approximate surface area is 319 Å². The highest BCUT2D eigenvalue weighted by atomic mass is 127. The molecule has 6 atom stereocenters. The standard InChI is InChI=1S/C36H30Cl2F3IN4O6/c1-3-10-45-31(48)21-9-8-20-22(27(21)33(45)50)14-23-32(49)46(44-30-24(38)13-18(15-43-30)36(39,40)41)34(51)35(23,17-4-6-19(37)7-5-17)28(20)16-11-25(42)29(47)26(12-16)52-2/h4-8,11-13,15,21-23,27-28,47H,3,9-10,14H2,1-2H3,(H,43,44). The summed E-state index contributed by atoms with van der Waals surface area (Å²) in [6, 6.07) is 10.4. The lowest BCUT2D eigenvalue weighted by molar-refractivity contribution is -0.141. The summed E-state index contributed by atoms with van der Waals surface area (Å²) < 4.78 is 46.2. The second-order valence-electron chi connectivity index (χ2n) is 13.3. The van der Waals surface area contributed by atoms with Crippen molar-refractivity contribution in [2.75, 3.05) is 19.1 Å². The maximum Gasteiger partial charge on any atom is 0.417 e. The van der Waals surface area contributed by atoms with Crippen molar-refractivity contribution in [2.45, 2.75) is 43.7 Å². The third kappa shape index (κ3) is 5.46. The van der Waals surface area contributed by atoms with Crippen molar-refractivity contribution in [1.82, 2.24) is 14.9 Å². The quantitative estimate of drug-likeness (QED) is 0.146. The monoisotopic (exact) mass is 868 g/mol. The Morgan fingerprint density at radius 3 is 2.40 bits per heavy atom. The van der Waals surface area contributed by atoms with E-state index in [0.29, 0.717) is 44.0 Å². The number of halogens is 6. The fraction of sp³-hybridized carbons (Fsp3) is 0.361. The summed E-state index contributed by atoms with van der Waals surface area (Å²) in [5.41, 5.74) is 1.34. The molecule has 3 heterocycles. The van der Waals surface area contributed by atoms with Gasteiger partial charge in [0.2, 0.25) is 11.8 Å². The van der Waals surface area contributed by atoms with Gasteiger partial charge in [-0.25, -0.2) is 4.98 Å². The number of carbonyl (C=O) groups excluding carboxylic acids is 4. The number of allylic oxidation sites excluding steroid dienone is 2. The Morgan fingerprint density at radius 1 is 1.06 bits per heavy atom. The van der Waals surface area contributed by atoms with Gasteiger partial charge < -0.3 is 9.84 Å². The molecule has 2 aromatic carbocycles. The molecule has 3 aromatic rings. The zero-order chi connectivity index (χ0) is 37.4. The van der Waals surface area contributed by atoms with Crippen molar-refractivity contribution in [2.24, 2.45) is 23.7 Å². The van der Waals surface area contributed by atoms with Crippen LogP contribution >= 0.6 is 45.8 Å². The van der Waals surface area contributed by atoms with Gasteiger partial charge in [0.1, 0.15) is 0 Å². The van der Waals surface area contributed by atoms with E-state index in [9.17, 15) is 32.7 Å². The molecule has 7 rings (SSSR count). The Balaban J connectivity index is 1.46. The van der Waals surface area contributed by atoms with Crippen LogP contribution < -0.4 is 10.2 Å². The van der Waals surface area contributed by atoms with E-state index in [-0.39, 0.29) is 48.5 Å². The molecular weight excluding hydrogens is 839 g/mol. The Bertz CT molecular complexity index is 2060. The molecule has 2 N–H and O–H groups in total. The van der Waals surface area contributed by atoms with Gasteiger partial charge in [-0.05, 0) is 89.2 Å². The smallest absolute Gasteiger partial charge is 0.417 e. The second-order valence-corrected chi connectivity index (χ2v) is 15.3. The molecule has 6 unspecified atom stereocenters. The number of phenolic OH excluding ortho intramolecular Hbond substituents is 1. The molecule has 0 bridgehead atoms. The minimum Gasteiger partial charge on any atom is -0.504 e. The van der Waals surface area contributed by atoms with Crippen LogP contribution in [0.5, 0.6) is 11.5 Å². The molecule has 4 aliphatic rings. The van der Waals surface area contributed by atoms with E-state index < -0.39 is 63.6 Å². The average molecular weight is 869 g/mol. The number of hydrogen-bond donors (Lipinski definition) is 2. The van der Waals surface area contributed by atoms with Gasteiger partial charge in [0.25, 0.3) is 11.8 Å². The molecule has 16 heteroatoms. The van der Waals surface area contributed by atoms with Gasteiger partial charge in [0, 0.05) is 23.7 Å². The normalized spacial score (nSPS) is 27.0. The van der Waals surface area contributed by atoms with Crippen LogP contribution in [0.3, 0.4) is 0 Å². The molecule has 2 saturated heterocycles. The number of rotatable bonds is 7. The Kier molecular flexibility index (Phi) is 9.26. The predicted octanol–water partition coefficient (Wildman–Crippen LogP) is 7.12. The molecule has 52 heavy (non-hydrogen) atoms. The zero-order valence-electron chi connectivity index (χ0n) is 27.5.